The van der Waals surface area contributed by atoms with Gasteiger partial charge in [0.15, 0.2) is 0 Å². The van der Waals surface area contributed by atoms with Crippen molar-refractivity contribution in [1.82, 2.24) is 0 Å². The summed E-state index contributed by atoms with van der Waals surface area (Å²) in [6.45, 7) is 2.22. The van der Waals surface area contributed by atoms with Crippen LogP contribution in [0.1, 0.15) is 31.7 Å². The SMILES string of the molecule is CCCCCc1cc(S)cc(S)c1. The van der Waals surface area contributed by atoms with Crippen LogP contribution in [0, 0.1) is 0 Å². The average molecular weight is 212 g/mol. The van der Waals surface area contributed by atoms with E-state index in [0.717, 1.165) is 16.2 Å². The Morgan fingerprint density at radius 2 is 1.62 bits per heavy atom. The first-order chi connectivity index (χ1) is 6.22. The quantitative estimate of drug-likeness (QED) is 0.547. The molecule has 0 aliphatic rings. The van der Waals surface area contributed by atoms with Gasteiger partial charge < -0.3 is 0 Å². The third kappa shape index (κ3) is 4.10. The molecule has 0 spiro atoms. The molecule has 0 nitrogen and oxygen atoms in total. The van der Waals surface area contributed by atoms with E-state index in [1.54, 1.807) is 0 Å². The Bertz CT molecular complexity index is 249. The van der Waals surface area contributed by atoms with Crippen LogP contribution in [0.25, 0.3) is 0 Å². The Kier molecular flexibility index (Phi) is 4.74. The molecule has 0 unspecified atom stereocenters. The van der Waals surface area contributed by atoms with Crippen molar-refractivity contribution in [3.05, 3.63) is 23.8 Å². The topological polar surface area (TPSA) is 0 Å². The summed E-state index contributed by atoms with van der Waals surface area (Å²) in [4.78, 5) is 2.03. The fourth-order valence-electron chi connectivity index (χ4n) is 1.38. The Morgan fingerprint density at radius 3 is 2.15 bits per heavy atom. The molecule has 0 amide bonds. The highest BCUT2D eigenvalue weighted by atomic mass is 32.1. The van der Waals surface area contributed by atoms with E-state index in [1.807, 2.05) is 6.07 Å². The van der Waals surface area contributed by atoms with Gasteiger partial charge in [-0.15, -0.1) is 25.3 Å². The Morgan fingerprint density at radius 1 is 1.00 bits per heavy atom. The minimum Gasteiger partial charge on any atom is -0.143 e. The van der Waals surface area contributed by atoms with Crippen molar-refractivity contribution in [1.29, 1.82) is 0 Å². The second-order valence-corrected chi connectivity index (χ2v) is 4.35. The van der Waals surface area contributed by atoms with Gasteiger partial charge in [-0.25, -0.2) is 0 Å². The first kappa shape index (κ1) is 11.0. The van der Waals surface area contributed by atoms with E-state index in [-0.39, 0.29) is 0 Å². The summed E-state index contributed by atoms with van der Waals surface area (Å²) in [7, 11) is 0. The maximum atomic E-state index is 4.32. The summed E-state index contributed by atoms with van der Waals surface area (Å²) in [6.07, 6.45) is 4.99. The van der Waals surface area contributed by atoms with Crippen LogP contribution in [0.4, 0.5) is 0 Å². The number of hydrogen-bond donors (Lipinski definition) is 2. The second-order valence-electron chi connectivity index (χ2n) is 3.31. The van der Waals surface area contributed by atoms with Crippen molar-refractivity contribution >= 4 is 25.3 Å². The van der Waals surface area contributed by atoms with E-state index >= 15 is 0 Å². The summed E-state index contributed by atoms with van der Waals surface area (Å²) in [5.41, 5.74) is 1.35. The van der Waals surface area contributed by atoms with Gasteiger partial charge in [-0.1, -0.05) is 19.8 Å². The molecule has 0 saturated carbocycles. The highest BCUT2D eigenvalue weighted by molar-refractivity contribution is 7.81. The summed E-state index contributed by atoms with van der Waals surface area (Å²) in [6, 6.07) is 6.21. The third-order valence-corrected chi connectivity index (χ3v) is 2.55. The zero-order valence-electron chi connectivity index (χ0n) is 7.95. The monoisotopic (exact) mass is 212 g/mol. The highest BCUT2D eigenvalue weighted by Gasteiger charge is 1.96. The molecule has 72 valence electrons. The number of thiol groups is 2. The maximum absolute atomic E-state index is 4.32. The van der Waals surface area contributed by atoms with Crippen molar-refractivity contribution in [2.24, 2.45) is 0 Å². The lowest BCUT2D eigenvalue weighted by atomic mass is 10.1. The van der Waals surface area contributed by atoms with E-state index in [0.29, 0.717) is 0 Å². The zero-order chi connectivity index (χ0) is 9.68. The summed E-state index contributed by atoms with van der Waals surface area (Å²) < 4.78 is 0. The minimum absolute atomic E-state index is 1.01. The molecule has 0 saturated heterocycles. The molecule has 13 heavy (non-hydrogen) atoms. The smallest absolute Gasteiger partial charge is 0.00537 e. The molecule has 2 heteroatoms. The number of aryl methyl sites for hydroxylation is 1. The molecule has 0 aliphatic heterocycles. The van der Waals surface area contributed by atoms with E-state index in [9.17, 15) is 0 Å². The van der Waals surface area contributed by atoms with Crippen LogP contribution in [0.3, 0.4) is 0 Å². The van der Waals surface area contributed by atoms with Gasteiger partial charge in [0.2, 0.25) is 0 Å². The lowest BCUT2D eigenvalue weighted by Crippen LogP contribution is -1.85. The van der Waals surface area contributed by atoms with E-state index in [2.05, 4.69) is 44.3 Å². The molecule has 1 rings (SSSR count). The predicted molar refractivity (Wildman–Crippen MR) is 64.2 cm³/mol. The Labute approximate surface area is 91.6 Å². The average Bonchev–Trinajstić information content (AvgIpc) is 2.03. The van der Waals surface area contributed by atoms with Crippen molar-refractivity contribution in [3.8, 4) is 0 Å². The van der Waals surface area contributed by atoms with Crippen LogP contribution in [0.5, 0.6) is 0 Å². The molecule has 0 atom stereocenters. The fourth-order valence-corrected chi connectivity index (χ4v) is 2.09. The van der Waals surface area contributed by atoms with Crippen LogP contribution in [-0.2, 0) is 6.42 Å². The van der Waals surface area contributed by atoms with Crippen LogP contribution >= 0.6 is 25.3 Å². The number of benzene rings is 1. The van der Waals surface area contributed by atoms with Gasteiger partial charge in [0, 0.05) is 9.79 Å². The predicted octanol–water partition coefficient (Wildman–Crippen LogP) is 4.00. The van der Waals surface area contributed by atoms with E-state index in [4.69, 9.17) is 0 Å². The third-order valence-electron chi connectivity index (χ3n) is 2.03. The molecule has 0 bridgehead atoms. The molecule has 1 aromatic carbocycles. The van der Waals surface area contributed by atoms with Crippen LogP contribution in [0.15, 0.2) is 28.0 Å². The van der Waals surface area contributed by atoms with Gasteiger partial charge >= 0.3 is 0 Å². The van der Waals surface area contributed by atoms with Crippen LogP contribution in [-0.4, -0.2) is 0 Å². The highest BCUT2D eigenvalue weighted by Crippen LogP contribution is 2.18. The molecular weight excluding hydrogens is 196 g/mol. The first-order valence-corrected chi connectivity index (χ1v) is 5.63. The van der Waals surface area contributed by atoms with Crippen molar-refractivity contribution < 1.29 is 0 Å². The van der Waals surface area contributed by atoms with E-state index < -0.39 is 0 Å². The van der Waals surface area contributed by atoms with E-state index in [1.165, 1.54) is 24.8 Å². The molecule has 0 radical (unpaired) electrons. The van der Waals surface area contributed by atoms with Crippen molar-refractivity contribution in [2.45, 2.75) is 42.4 Å². The molecule has 0 N–H and O–H groups in total. The molecule has 1 aromatic rings. The lowest BCUT2D eigenvalue weighted by Gasteiger charge is -2.03. The Balaban J connectivity index is 2.56. The van der Waals surface area contributed by atoms with Crippen molar-refractivity contribution in [3.63, 3.8) is 0 Å². The fraction of sp³-hybridized carbons (Fsp3) is 0.455. The second kappa shape index (κ2) is 5.61. The van der Waals surface area contributed by atoms with Gasteiger partial charge in [-0.2, -0.15) is 0 Å². The maximum Gasteiger partial charge on any atom is 0.00537 e. The lowest BCUT2D eigenvalue weighted by molar-refractivity contribution is 0.716. The van der Waals surface area contributed by atoms with Crippen LogP contribution in [0.2, 0.25) is 0 Å². The normalized spacial score (nSPS) is 10.4. The van der Waals surface area contributed by atoms with Gasteiger partial charge in [0.05, 0.1) is 0 Å². The van der Waals surface area contributed by atoms with Gasteiger partial charge in [-0.3, -0.25) is 0 Å². The van der Waals surface area contributed by atoms with Gasteiger partial charge in [0.25, 0.3) is 0 Å². The number of hydrogen-bond acceptors (Lipinski definition) is 2. The summed E-state index contributed by atoms with van der Waals surface area (Å²) >= 11 is 8.64. The van der Waals surface area contributed by atoms with Crippen LogP contribution < -0.4 is 0 Å². The van der Waals surface area contributed by atoms with Crippen molar-refractivity contribution in [2.75, 3.05) is 0 Å². The molecule has 0 aliphatic carbocycles. The number of unbranched alkanes of at least 4 members (excludes halogenated alkanes) is 2. The number of rotatable bonds is 4. The largest absolute Gasteiger partial charge is 0.143 e. The summed E-state index contributed by atoms with van der Waals surface area (Å²) in [5, 5.41) is 0. The van der Waals surface area contributed by atoms with Gasteiger partial charge in [0.1, 0.15) is 0 Å². The summed E-state index contributed by atoms with van der Waals surface area (Å²) in [5.74, 6) is 0. The molecule has 0 heterocycles. The van der Waals surface area contributed by atoms with Gasteiger partial charge in [-0.05, 0) is 36.6 Å². The first-order valence-electron chi connectivity index (χ1n) is 4.74. The standard InChI is InChI=1S/C11H16S2/c1-2-3-4-5-9-6-10(12)8-11(13)7-9/h6-8,12-13H,2-5H2,1H3. The minimum atomic E-state index is 1.01. The molecular formula is C11H16S2. The molecule has 0 fully saturated rings. The zero-order valence-corrected chi connectivity index (χ0v) is 9.74. The Hall–Kier alpha value is -0.0800. The molecule has 0 aromatic heterocycles.